The van der Waals surface area contributed by atoms with E-state index in [1.165, 1.54) is 20.6 Å². The maximum Gasteiger partial charge on any atom is 0.407 e. The average molecular weight is 797 g/mol. The molecule has 300 valence electrons. The summed E-state index contributed by atoms with van der Waals surface area (Å²) in [7, 11) is 2.68. The van der Waals surface area contributed by atoms with Gasteiger partial charge in [0.25, 0.3) is 0 Å². The summed E-state index contributed by atoms with van der Waals surface area (Å²) in [4.78, 5) is 73.3. The van der Waals surface area contributed by atoms with Gasteiger partial charge < -0.3 is 34.7 Å². The predicted octanol–water partition coefficient (Wildman–Crippen LogP) is 7.77. The number of H-pyrrole nitrogens is 2. The first-order chi connectivity index (χ1) is 27.5. The Morgan fingerprint density at radius 2 is 1.54 bits per heavy atom. The maximum atomic E-state index is 13.7. The minimum Gasteiger partial charge on any atom is -0.453 e. The molecular weight excluding hydrogens is 748 g/mol. The number of benzene rings is 3. The van der Waals surface area contributed by atoms with Gasteiger partial charge in [0.05, 0.1) is 54.3 Å². The number of aromatic amines is 2. The van der Waals surface area contributed by atoms with E-state index in [4.69, 9.17) is 31.2 Å². The van der Waals surface area contributed by atoms with Gasteiger partial charge in [-0.05, 0) is 78.1 Å². The lowest BCUT2D eigenvalue weighted by atomic mass is 9.99. The number of hydrogen-bond donors (Lipinski definition) is 3. The first kappa shape index (κ1) is 39.8. The molecule has 3 amide bonds. The van der Waals surface area contributed by atoms with E-state index in [0.29, 0.717) is 23.9 Å². The van der Waals surface area contributed by atoms with Gasteiger partial charge in [-0.15, -0.1) is 0 Å². The number of amides is 3. The molecular formula is C42H49ClN8O6. The van der Waals surface area contributed by atoms with Crippen LogP contribution in [0.3, 0.4) is 0 Å². The number of ether oxygens (including phenoxy) is 1. The lowest BCUT2D eigenvalue weighted by molar-refractivity contribution is -0.188. The van der Waals surface area contributed by atoms with Crippen molar-refractivity contribution in [1.29, 1.82) is 0 Å². The van der Waals surface area contributed by atoms with Crippen molar-refractivity contribution in [3.8, 4) is 22.4 Å². The molecule has 4 atom stereocenters. The van der Waals surface area contributed by atoms with Crippen molar-refractivity contribution in [2.45, 2.75) is 77.5 Å². The van der Waals surface area contributed by atoms with Gasteiger partial charge in [0.15, 0.2) is 0 Å². The van der Waals surface area contributed by atoms with E-state index < -0.39 is 18.2 Å². The molecule has 7 rings (SSSR count). The molecule has 3 N–H and O–H groups in total. The smallest absolute Gasteiger partial charge is 0.407 e. The fourth-order valence-electron chi connectivity index (χ4n) is 7.99. The van der Waals surface area contributed by atoms with Gasteiger partial charge in [-0.3, -0.25) is 9.59 Å². The van der Waals surface area contributed by atoms with Crippen LogP contribution < -0.4 is 5.32 Å². The quantitative estimate of drug-likeness (QED) is 0.0499. The summed E-state index contributed by atoms with van der Waals surface area (Å²) in [5.41, 5.74) is 5.20. The highest BCUT2D eigenvalue weighted by Gasteiger charge is 2.38. The van der Waals surface area contributed by atoms with E-state index in [9.17, 15) is 14.4 Å². The molecule has 0 saturated carbocycles. The molecule has 5 aromatic rings. The Bertz CT molecular complexity index is 2300. The number of carbonyl (C=O) groups is 3. The number of imidazole rings is 2. The van der Waals surface area contributed by atoms with Crippen molar-refractivity contribution in [3.63, 3.8) is 0 Å². The molecule has 15 heteroatoms. The molecule has 0 radical (unpaired) electrons. The molecule has 0 unspecified atom stereocenters. The molecule has 3 aromatic carbocycles. The zero-order valence-corrected chi connectivity index (χ0v) is 33.8. The third-order valence-electron chi connectivity index (χ3n) is 11.0. The van der Waals surface area contributed by atoms with Crippen LogP contribution in [0.2, 0.25) is 5.02 Å². The zero-order valence-electron chi connectivity index (χ0n) is 33.0. The number of methoxy groups -OCH3 is 1. The van der Waals surface area contributed by atoms with Crippen LogP contribution in [0.15, 0.2) is 59.7 Å². The lowest BCUT2D eigenvalue weighted by Gasteiger charge is -2.30. The summed E-state index contributed by atoms with van der Waals surface area (Å²) in [6, 6.07) is 14.6. The number of nitrogens with one attached hydrogen (secondary N) is 3. The van der Waals surface area contributed by atoms with Crippen LogP contribution in [0, 0.1) is 11.8 Å². The summed E-state index contributed by atoms with van der Waals surface area (Å²) in [5.74, 6) is 1.07. The van der Waals surface area contributed by atoms with Crippen LogP contribution in [-0.4, -0.2) is 93.4 Å². The van der Waals surface area contributed by atoms with Gasteiger partial charge in [-0.1, -0.05) is 63.6 Å². The Labute approximate surface area is 336 Å². The van der Waals surface area contributed by atoms with Crippen LogP contribution in [0.4, 0.5) is 4.79 Å². The standard InChI is InChI=1S/C42H49ClN8O6/c1-23(2)36(45-22-57-56-6)40(52)51-16-8-10-35(51)39-46-31-19-29(30(43)20-32(31)47-39)27-13-11-26-18-28(14-12-25(26)17-27)33-21-44-38(48-33)34-9-7-15-50(34)41(53)37(24(3)4)49-42(54)55-5/h11-14,17-24,34-37H,7-10,15-16H2,1-6H3,(H,44,48)(H,46,47)(H,49,54)/t34-,35-,36-,37-/m0/s1. The summed E-state index contributed by atoms with van der Waals surface area (Å²) >= 11 is 6.92. The maximum absolute atomic E-state index is 13.7. The summed E-state index contributed by atoms with van der Waals surface area (Å²) < 4.78 is 4.77. The number of rotatable bonds is 12. The third kappa shape index (κ3) is 8.19. The summed E-state index contributed by atoms with van der Waals surface area (Å²) in [6.45, 7) is 8.92. The molecule has 4 heterocycles. The normalized spacial score (nSPS) is 18.3. The van der Waals surface area contributed by atoms with E-state index >= 15 is 0 Å². The Morgan fingerprint density at radius 3 is 2.21 bits per heavy atom. The number of carbonyl (C=O) groups excluding carboxylic acids is 3. The molecule has 0 aliphatic carbocycles. The molecule has 57 heavy (non-hydrogen) atoms. The van der Waals surface area contributed by atoms with Gasteiger partial charge in [-0.2, -0.15) is 4.89 Å². The zero-order chi connectivity index (χ0) is 40.4. The summed E-state index contributed by atoms with van der Waals surface area (Å²) in [5, 5.41) is 5.37. The minimum atomic E-state index is -0.696. The van der Waals surface area contributed by atoms with Crippen molar-refractivity contribution < 1.29 is 28.9 Å². The second-order valence-electron chi connectivity index (χ2n) is 15.4. The monoisotopic (exact) mass is 796 g/mol. The fourth-order valence-corrected chi connectivity index (χ4v) is 8.27. The highest BCUT2D eigenvalue weighted by Crippen LogP contribution is 2.38. The molecule has 0 spiro atoms. The molecule has 2 aliphatic heterocycles. The van der Waals surface area contributed by atoms with Crippen LogP contribution in [0.25, 0.3) is 44.2 Å². The number of nitrogens with zero attached hydrogens (tertiary/aromatic N) is 5. The predicted molar refractivity (Wildman–Crippen MR) is 218 cm³/mol. The number of fused-ring (bicyclic) bond motifs is 2. The van der Waals surface area contributed by atoms with Gasteiger partial charge in [0.2, 0.25) is 18.2 Å². The number of alkyl carbamates (subject to hydrolysis) is 1. The van der Waals surface area contributed by atoms with Gasteiger partial charge in [-0.25, -0.2) is 19.8 Å². The largest absolute Gasteiger partial charge is 0.453 e. The lowest BCUT2D eigenvalue weighted by Crippen LogP contribution is -2.51. The second kappa shape index (κ2) is 16.9. The van der Waals surface area contributed by atoms with Crippen molar-refractivity contribution >= 4 is 57.7 Å². The van der Waals surface area contributed by atoms with Crippen LogP contribution in [0.1, 0.15) is 77.1 Å². The van der Waals surface area contributed by atoms with Gasteiger partial charge in [0, 0.05) is 24.2 Å². The van der Waals surface area contributed by atoms with Crippen molar-refractivity contribution in [3.05, 3.63) is 71.4 Å². The molecule has 0 bridgehead atoms. The average Bonchev–Trinajstić information content (AvgIpc) is 4.03. The van der Waals surface area contributed by atoms with E-state index in [0.717, 1.165) is 75.7 Å². The van der Waals surface area contributed by atoms with E-state index in [1.807, 2.05) is 49.6 Å². The molecule has 2 fully saturated rings. The van der Waals surface area contributed by atoms with E-state index in [1.54, 1.807) is 6.20 Å². The Hall–Kier alpha value is -5.47. The van der Waals surface area contributed by atoms with Crippen molar-refractivity contribution in [2.24, 2.45) is 16.8 Å². The van der Waals surface area contributed by atoms with Gasteiger partial charge in [0.1, 0.15) is 23.7 Å². The first-order valence-corrected chi connectivity index (χ1v) is 19.8. The SMILES string of the molecule is COOC=N[C@H](C(=O)N1CCC[C@H]1c1nc2cc(-c3ccc4cc(-c5cnc([C@@H]6CCCN6C(=O)[C@@H](NC(=O)OC)C(C)C)[nH]5)ccc4c3)c(Cl)cc2[nH]1)C(C)C. The van der Waals surface area contributed by atoms with Crippen LogP contribution in [-0.2, 0) is 24.1 Å². The summed E-state index contributed by atoms with van der Waals surface area (Å²) in [6.07, 6.45) is 5.61. The fraction of sp³-hybridized carbons (Fsp3) is 0.429. The van der Waals surface area contributed by atoms with E-state index in [-0.39, 0.29) is 35.7 Å². The number of aromatic nitrogens is 4. The topological polar surface area (TPSA) is 167 Å². The van der Waals surface area contributed by atoms with Crippen LogP contribution >= 0.6 is 11.6 Å². The first-order valence-electron chi connectivity index (χ1n) is 19.4. The number of halogens is 1. The highest BCUT2D eigenvalue weighted by molar-refractivity contribution is 6.34. The minimum absolute atomic E-state index is 0.0335. The molecule has 2 aliphatic rings. The van der Waals surface area contributed by atoms with Crippen LogP contribution in [0.5, 0.6) is 0 Å². The molecule has 2 aromatic heterocycles. The Morgan fingerprint density at radius 1 is 0.877 bits per heavy atom. The van der Waals surface area contributed by atoms with Crippen molar-refractivity contribution in [2.75, 3.05) is 27.3 Å². The molecule has 14 nitrogen and oxygen atoms in total. The molecule has 2 saturated heterocycles. The van der Waals surface area contributed by atoms with E-state index in [2.05, 4.69) is 61.6 Å². The number of hydrogen-bond acceptors (Lipinski definition) is 9. The highest BCUT2D eigenvalue weighted by atomic mass is 35.5. The second-order valence-corrected chi connectivity index (χ2v) is 15.8. The Kier molecular flexibility index (Phi) is 11.8. The Balaban J connectivity index is 1.09. The third-order valence-corrected chi connectivity index (χ3v) is 11.3. The number of likely N-dealkylation sites (tertiary alicyclic amines) is 2. The number of aliphatic imine (C=N–C) groups is 1. The van der Waals surface area contributed by atoms with Gasteiger partial charge >= 0.3 is 6.09 Å². The van der Waals surface area contributed by atoms with Crippen molar-refractivity contribution in [1.82, 2.24) is 35.1 Å².